The van der Waals surface area contributed by atoms with E-state index in [-0.39, 0.29) is 17.3 Å². The summed E-state index contributed by atoms with van der Waals surface area (Å²) in [6.45, 7) is 1.18. The lowest BCUT2D eigenvalue weighted by Gasteiger charge is -2.24. The Morgan fingerprint density at radius 1 is 1.28 bits per heavy atom. The summed E-state index contributed by atoms with van der Waals surface area (Å²) in [6, 6.07) is 4.63. The van der Waals surface area contributed by atoms with Gasteiger partial charge in [0, 0.05) is 24.1 Å². The molecular formula is C12H15BrFNO2S. The first kappa shape index (κ1) is 13.8. The van der Waals surface area contributed by atoms with E-state index in [1.54, 1.807) is 6.07 Å². The fourth-order valence-corrected chi connectivity index (χ4v) is 3.87. The molecule has 1 fully saturated rings. The molecule has 1 aliphatic rings. The number of anilines is 1. The molecule has 1 aliphatic heterocycles. The van der Waals surface area contributed by atoms with Crippen LogP contribution >= 0.6 is 15.9 Å². The van der Waals surface area contributed by atoms with Crippen molar-refractivity contribution >= 4 is 31.5 Å². The summed E-state index contributed by atoms with van der Waals surface area (Å²) < 4.78 is 36.3. The lowest BCUT2D eigenvalue weighted by atomic mass is 10.1. The molecule has 1 heterocycles. The van der Waals surface area contributed by atoms with E-state index in [1.807, 2.05) is 4.90 Å². The molecule has 3 nitrogen and oxygen atoms in total. The average Bonchev–Trinajstić information content (AvgIpc) is 2.50. The van der Waals surface area contributed by atoms with Crippen molar-refractivity contribution in [3.05, 3.63) is 29.6 Å². The number of benzene rings is 1. The molecule has 0 amide bonds. The van der Waals surface area contributed by atoms with Crippen LogP contribution in [-0.2, 0) is 15.2 Å². The first-order chi connectivity index (χ1) is 8.52. The third kappa shape index (κ3) is 3.23. The summed E-state index contributed by atoms with van der Waals surface area (Å²) in [6.07, 6.45) is 0.626. The number of alkyl halides is 1. The second-order valence-electron chi connectivity index (χ2n) is 4.40. The molecule has 0 atom stereocenters. The molecule has 1 saturated heterocycles. The zero-order valence-electron chi connectivity index (χ0n) is 9.90. The topological polar surface area (TPSA) is 37.4 Å². The Labute approximate surface area is 115 Å². The second kappa shape index (κ2) is 5.57. The molecule has 1 aromatic rings. The van der Waals surface area contributed by atoms with E-state index in [1.165, 1.54) is 12.1 Å². The second-order valence-corrected chi connectivity index (χ2v) is 7.26. The van der Waals surface area contributed by atoms with Gasteiger partial charge in [-0.1, -0.05) is 15.9 Å². The van der Waals surface area contributed by atoms with Gasteiger partial charge in [0.2, 0.25) is 0 Å². The van der Waals surface area contributed by atoms with Crippen LogP contribution in [0.4, 0.5) is 10.1 Å². The van der Waals surface area contributed by atoms with Gasteiger partial charge in [-0.25, -0.2) is 12.8 Å². The maximum absolute atomic E-state index is 13.2. The van der Waals surface area contributed by atoms with Crippen LogP contribution in [-0.4, -0.2) is 33.0 Å². The summed E-state index contributed by atoms with van der Waals surface area (Å²) in [5, 5.41) is 0.559. The lowest BCUT2D eigenvalue weighted by Crippen LogP contribution is -2.27. The zero-order chi connectivity index (χ0) is 13.2. The van der Waals surface area contributed by atoms with Gasteiger partial charge in [0.25, 0.3) is 0 Å². The molecule has 6 heteroatoms. The Morgan fingerprint density at radius 3 is 2.78 bits per heavy atom. The number of sulfone groups is 1. The monoisotopic (exact) mass is 335 g/mol. The SMILES string of the molecule is O=S1(=O)CCCN(c2ccc(F)cc2CBr)CC1. The lowest BCUT2D eigenvalue weighted by molar-refractivity contribution is 0.597. The van der Waals surface area contributed by atoms with Crippen LogP contribution in [0.1, 0.15) is 12.0 Å². The van der Waals surface area contributed by atoms with Gasteiger partial charge in [-0.3, -0.25) is 0 Å². The van der Waals surface area contributed by atoms with Crippen LogP contribution in [0.25, 0.3) is 0 Å². The normalized spacial score (nSPS) is 19.6. The van der Waals surface area contributed by atoms with Crippen LogP contribution in [0.3, 0.4) is 0 Å². The van der Waals surface area contributed by atoms with Crippen LogP contribution < -0.4 is 4.90 Å². The van der Waals surface area contributed by atoms with E-state index in [0.717, 1.165) is 11.3 Å². The highest BCUT2D eigenvalue weighted by molar-refractivity contribution is 9.08. The van der Waals surface area contributed by atoms with Gasteiger partial charge in [-0.2, -0.15) is 0 Å². The van der Waals surface area contributed by atoms with E-state index in [4.69, 9.17) is 0 Å². The Balaban J connectivity index is 2.26. The Morgan fingerprint density at radius 2 is 2.06 bits per heavy atom. The maximum Gasteiger partial charge on any atom is 0.152 e. The minimum absolute atomic E-state index is 0.173. The van der Waals surface area contributed by atoms with Crippen molar-refractivity contribution in [1.29, 1.82) is 0 Å². The highest BCUT2D eigenvalue weighted by Gasteiger charge is 2.20. The minimum Gasteiger partial charge on any atom is -0.370 e. The summed E-state index contributed by atoms with van der Waals surface area (Å²) >= 11 is 3.34. The third-order valence-corrected chi connectivity index (χ3v) is 5.40. The van der Waals surface area contributed by atoms with Crippen LogP contribution in [0.5, 0.6) is 0 Å². The highest BCUT2D eigenvalue weighted by Crippen LogP contribution is 2.25. The van der Waals surface area contributed by atoms with Gasteiger partial charge in [-0.15, -0.1) is 0 Å². The van der Waals surface area contributed by atoms with Crippen molar-refractivity contribution in [2.75, 3.05) is 29.5 Å². The van der Waals surface area contributed by atoms with E-state index < -0.39 is 9.84 Å². The number of hydrogen-bond donors (Lipinski definition) is 0. The van der Waals surface area contributed by atoms with Gasteiger partial charge in [0.15, 0.2) is 9.84 Å². The van der Waals surface area contributed by atoms with E-state index in [9.17, 15) is 12.8 Å². The van der Waals surface area contributed by atoms with Gasteiger partial charge >= 0.3 is 0 Å². The molecule has 18 heavy (non-hydrogen) atoms. The van der Waals surface area contributed by atoms with Crippen LogP contribution in [0.15, 0.2) is 18.2 Å². The van der Waals surface area contributed by atoms with Crippen molar-refractivity contribution in [1.82, 2.24) is 0 Å². The summed E-state index contributed by atoms with van der Waals surface area (Å²) in [5.74, 6) is 0.149. The molecular weight excluding hydrogens is 321 g/mol. The molecule has 2 rings (SSSR count). The van der Waals surface area contributed by atoms with Crippen molar-refractivity contribution < 1.29 is 12.8 Å². The Bertz CT molecular complexity index is 533. The predicted octanol–water partition coefficient (Wildman–Crippen LogP) is 2.35. The quantitative estimate of drug-likeness (QED) is 0.778. The maximum atomic E-state index is 13.2. The molecule has 0 aliphatic carbocycles. The number of halogens is 2. The average molecular weight is 336 g/mol. The smallest absolute Gasteiger partial charge is 0.152 e. The first-order valence-electron chi connectivity index (χ1n) is 5.81. The number of rotatable bonds is 2. The fourth-order valence-electron chi connectivity index (χ4n) is 2.15. The van der Waals surface area contributed by atoms with Crippen molar-refractivity contribution in [2.24, 2.45) is 0 Å². The van der Waals surface area contributed by atoms with Crippen LogP contribution in [0, 0.1) is 5.82 Å². The number of nitrogens with zero attached hydrogens (tertiary/aromatic N) is 1. The summed E-state index contributed by atoms with van der Waals surface area (Å²) in [4.78, 5) is 2.03. The third-order valence-electron chi connectivity index (χ3n) is 3.08. The van der Waals surface area contributed by atoms with Crippen LogP contribution in [0.2, 0.25) is 0 Å². The number of hydrogen-bond acceptors (Lipinski definition) is 3. The minimum atomic E-state index is -2.92. The molecule has 0 saturated carbocycles. The fraction of sp³-hybridized carbons (Fsp3) is 0.500. The van der Waals surface area contributed by atoms with E-state index in [2.05, 4.69) is 15.9 Å². The van der Waals surface area contributed by atoms with Crippen molar-refractivity contribution in [3.63, 3.8) is 0 Å². The molecule has 1 aromatic carbocycles. The molecule has 0 aromatic heterocycles. The highest BCUT2D eigenvalue weighted by atomic mass is 79.9. The summed E-state index contributed by atoms with van der Waals surface area (Å²) in [7, 11) is -2.92. The van der Waals surface area contributed by atoms with Gasteiger partial charge in [0.1, 0.15) is 5.82 Å². The molecule has 0 N–H and O–H groups in total. The van der Waals surface area contributed by atoms with E-state index in [0.29, 0.717) is 24.8 Å². The molecule has 0 spiro atoms. The summed E-state index contributed by atoms with van der Waals surface area (Å²) in [5.41, 5.74) is 1.78. The van der Waals surface area contributed by atoms with Crippen molar-refractivity contribution in [2.45, 2.75) is 11.8 Å². The Hall–Kier alpha value is -0.620. The largest absolute Gasteiger partial charge is 0.370 e. The van der Waals surface area contributed by atoms with E-state index >= 15 is 0 Å². The van der Waals surface area contributed by atoms with Crippen molar-refractivity contribution in [3.8, 4) is 0 Å². The Kier molecular flexibility index (Phi) is 4.27. The van der Waals surface area contributed by atoms with Gasteiger partial charge < -0.3 is 4.90 Å². The first-order valence-corrected chi connectivity index (χ1v) is 8.76. The predicted molar refractivity (Wildman–Crippen MR) is 74.5 cm³/mol. The van der Waals surface area contributed by atoms with Gasteiger partial charge in [-0.05, 0) is 30.2 Å². The standard InChI is InChI=1S/C12H15BrFNO2S/c13-9-10-8-11(14)2-3-12(10)15-4-1-6-18(16,17)7-5-15/h2-3,8H,1,4-7,9H2. The van der Waals surface area contributed by atoms with Gasteiger partial charge in [0.05, 0.1) is 11.5 Å². The zero-order valence-corrected chi connectivity index (χ0v) is 12.3. The molecule has 0 bridgehead atoms. The molecule has 100 valence electrons. The molecule has 0 radical (unpaired) electrons. The molecule has 0 unspecified atom stereocenters.